The number of hydrogen-bond donors (Lipinski definition) is 1. The molecule has 2 heterocycles. The molecule has 0 aliphatic carbocycles. The van der Waals surface area contributed by atoms with Crippen molar-refractivity contribution >= 4 is 17.2 Å². The van der Waals surface area contributed by atoms with Gasteiger partial charge in [-0.2, -0.15) is 0 Å². The molecular formula is C14H19N3O. The van der Waals surface area contributed by atoms with E-state index in [1.165, 1.54) is 12.8 Å². The molecule has 2 aliphatic rings. The predicted molar refractivity (Wildman–Crippen MR) is 73.4 cm³/mol. The highest BCUT2D eigenvalue weighted by Crippen LogP contribution is 2.33. The maximum atomic E-state index is 5.75. The van der Waals surface area contributed by atoms with Crippen LogP contribution in [0, 0.1) is 5.92 Å². The highest BCUT2D eigenvalue weighted by molar-refractivity contribution is 5.89. The Labute approximate surface area is 107 Å². The molecule has 1 fully saturated rings. The van der Waals surface area contributed by atoms with Crippen molar-refractivity contribution in [3.63, 3.8) is 0 Å². The summed E-state index contributed by atoms with van der Waals surface area (Å²) in [6, 6.07) is 5.64. The minimum Gasteiger partial charge on any atom is -0.483 e. The third-order valence-corrected chi connectivity index (χ3v) is 3.61. The molecule has 0 amide bonds. The Morgan fingerprint density at radius 1 is 1.44 bits per heavy atom. The Morgan fingerprint density at radius 3 is 3.17 bits per heavy atom. The largest absolute Gasteiger partial charge is 0.483 e. The molecule has 1 aromatic carbocycles. The van der Waals surface area contributed by atoms with Crippen molar-refractivity contribution in [3.8, 4) is 5.75 Å². The lowest BCUT2D eigenvalue weighted by atomic mass is 10.0. The van der Waals surface area contributed by atoms with E-state index in [9.17, 15) is 0 Å². The zero-order valence-electron chi connectivity index (χ0n) is 10.7. The lowest BCUT2D eigenvalue weighted by molar-refractivity contribution is 0.252. The second-order valence-electron chi connectivity index (χ2n) is 5.24. The fourth-order valence-electron chi connectivity index (χ4n) is 2.64. The number of piperidine rings is 1. The van der Waals surface area contributed by atoms with Gasteiger partial charge >= 0.3 is 0 Å². The van der Waals surface area contributed by atoms with Crippen molar-refractivity contribution in [1.29, 1.82) is 0 Å². The third kappa shape index (κ3) is 2.15. The molecule has 1 aromatic rings. The fraction of sp³-hybridized carbons (Fsp3) is 0.500. The Morgan fingerprint density at radius 2 is 2.33 bits per heavy atom. The molecule has 0 radical (unpaired) electrons. The van der Waals surface area contributed by atoms with Gasteiger partial charge in [-0.1, -0.05) is 6.92 Å². The monoisotopic (exact) mass is 245 g/mol. The first-order valence-corrected chi connectivity index (χ1v) is 6.57. The molecule has 2 N–H and O–H groups in total. The van der Waals surface area contributed by atoms with Crippen LogP contribution in [0.2, 0.25) is 0 Å². The van der Waals surface area contributed by atoms with Crippen LogP contribution in [0.1, 0.15) is 19.8 Å². The van der Waals surface area contributed by atoms with Gasteiger partial charge in [0, 0.05) is 24.8 Å². The predicted octanol–water partition coefficient (Wildman–Crippen LogP) is 2.42. The Hall–Kier alpha value is -1.71. The van der Waals surface area contributed by atoms with E-state index in [1.54, 1.807) is 0 Å². The first kappa shape index (κ1) is 11.4. The molecule has 2 aliphatic heterocycles. The molecular weight excluding hydrogens is 226 g/mol. The Kier molecular flexibility index (Phi) is 2.86. The molecule has 0 aromatic heterocycles. The van der Waals surface area contributed by atoms with Crippen molar-refractivity contribution in [3.05, 3.63) is 18.2 Å². The lowest BCUT2D eigenvalue weighted by Crippen LogP contribution is -2.42. The number of nitrogens with zero attached hydrogens (tertiary/aromatic N) is 2. The number of likely N-dealkylation sites (tertiary alicyclic amines) is 1. The van der Waals surface area contributed by atoms with Gasteiger partial charge in [-0.05, 0) is 30.9 Å². The summed E-state index contributed by atoms with van der Waals surface area (Å²) in [7, 11) is 0. The average molecular weight is 245 g/mol. The van der Waals surface area contributed by atoms with Crippen LogP contribution >= 0.6 is 0 Å². The summed E-state index contributed by atoms with van der Waals surface area (Å²) < 4.78 is 5.75. The van der Waals surface area contributed by atoms with Gasteiger partial charge in [-0.3, -0.25) is 0 Å². The average Bonchev–Trinajstić information content (AvgIpc) is 2.38. The van der Waals surface area contributed by atoms with E-state index in [2.05, 4.69) is 11.8 Å². The number of anilines is 1. The second-order valence-corrected chi connectivity index (χ2v) is 5.24. The number of benzene rings is 1. The number of nitrogen functional groups attached to an aromatic ring is 1. The van der Waals surface area contributed by atoms with Gasteiger partial charge in [0.25, 0.3) is 0 Å². The molecule has 1 atom stereocenters. The molecule has 0 saturated carbocycles. The van der Waals surface area contributed by atoms with E-state index in [0.29, 0.717) is 6.61 Å². The summed E-state index contributed by atoms with van der Waals surface area (Å²) in [6.45, 7) is 5.04. The molecule has 1 unspecified atom stereocenters. The molecule has 0 bridgehead atoms. The van der Waals surface area contributed by atoms with Crippen LogP contribution in [0.25, 0.3) is 0 Å². The number of hydrogen-bond acceptors (Lipinski definition) is 4. The van der Waals surface area contributed by atoms with Gasteiger partial charge in [0.15, 0.2) is 0 Å². The standard InChI is InChI=1S/C14H19N3O/c1-10-3-2-6-17(8-10)14-9-18-13-7-11(15)4-5-12(13)16-14/h4-5,7,10H,2-3,6,8-9,15H2,1H3. The van der Waals surface area contributed by atoms with Crippen molar-refractivity contribution in [2.45, 2.75) is 19.8 Å². The minimum absolute atomic E-state index is 0.559. The Balaban J connectivity index is 1.84. The summed E-state index contributed by atoms with van der Waals surface area (Å²) in [5, 5.41) is 0. The maximum Gasteiger partial charge on any atom is 0.147 e. The quantitative estimate of drug-likeness (QED) is 0.714. The van der Waals surface area contributed by atoms with Gasteiger partial charge in [-0.25, -0.2) is 4.99 Å². The van der Waals surface area contributed by atoms with Crippen molar-refractivity contribution in [2.75, 3.05) is 25.4 Å². The van der Waals surface area contributed by atoms with Crippen LogP contribution in [0.5, 0.6) is 5.75 Å². The van der Waals surface area contributed by atoms with Crippen LogP contribution in [0.3, 0.4) is 0 Å². The van der Waals surface area contributed by atoms with E-state index in [0.717, 1.165) is 42.0 Å². The van der Waals surface area contributed by atoms with Crippen LogP contribution < -0.4 is 10.5 Å². The molecule has 18 heavy (non-hydrogen) atoms. The van der Waals surface area contributed by atoms with E-state index in [4.69, 9.17) is 15.5 Å². The Bertz CT molecular complexity index is 484. The zero-order chi connectivity index (χ0) is 12.5. The number of aliphatic imine (C=N–C) groups is 1. The first-order valence-electron chi connectivity index (χ1n) is 6.57. The topological polar surface area (TPSA) is 50.8 Å². The number of rotatable bonds is 0. The summed E-state index contributed by atoms with van der Waals surface area (Å²) in [4.78, 5) is 7.06. The normalized spacial score (nSPS) is 23.1. The SMILES string of the molecule is CC1CCCN(C2=Nc3ccc(N)cc3OC2)C1. The van der Waals surface area contributed by atoms with Gasteiger partial charge in [-0.15, -0.1) is 0 Å². The van der Waals surface area contributed by atoms with E-state index < -0.39 is 0 Å². The van der Waals surface area contributed by atoms with Crippen molar-refractivity contribution in [1.82, 2.24) is 4.90 Å². The lowest BCUT2D eigenvalue weighted by Gasteiger charge is -2.34. The molecule has 3 rings (SSSR count). The van der Waals surface area contributed by atoms with Gasteiger partial charge in [0.2, 0.25) is 0 Å². The maximum absolute atomic E-state index is 5.75. The van der Waals surface area contributed by atoms with Gasteiger partial charge in [0.1, 0.15) is 23.9 Å². The third-order valence-electron chi connectivity index (χ3n) is 3.61. The second kappa shape index (κ2) is 4.52. The van der Waals surface area contributed by atoms with E-state index in [-0.39, 0.29) is 0 Å². The highest BCUT2D eigenvalue weighted by Gasteiger charge is 2.22. The van der Waals surface area contributed by atoms with Crippen LogP contribution in [-0.2, 0) is 0 Å². The minimum atomic E-state index is 0.559. The highest BCUT2D eigenvalue weighted by atomic mass is 16.5. The van der Waals surface area contributed by atoms with Crippen LogP contribution in [0.15, 0.2) is 23.2 Å². The molecule has 4 nitrogen and oxygen atoms in total. The van der Waals surface area contributed by atoms with E-state index in [1.807, 2.05) is 18.2 Å². The summed E-state index contributed by atoms with van der Waals surface area (Å²) in [6.07, 6.45) is 2.56. The fourth-order valence-corrected chi connectivity index (χ4v) is 2.64. The van der Waals surface area contributed by atoms with Crippen LogP contribution in [0.4, 0.5) is 11.4 Å². The summed E-state index contributed by atoms with van der Waals surface area (Å²) in [5.74, 6) is 2.59. The molecule has 96 valence electrons. The van der Waals surface area contributed by atoms with Crippen molar-refractivity contribution < 1.29 is 4.74 Å². The number of ether oxygens (including phenoxy) is 1. The zero-order valence-corrected chi connectivity index (χ0v) is 10.7. The molecule has 1 saturated heterocycles. The molecule has 0 spiro atoms. The van der Waals surface area contributed by atoms with Crippen molar-refractivity contribution in [2.24, 2.45) is 10.9 Å². The number of amidine groups is 1. The van der Waals surface area contributed by atoms with Gasteiger partial charge < -0.3 is 15.4 Å². The van der Waals surface area contributed by atoms with Crippen LogP contribution in [-0.4, -0.2) is 30.4 Å². The first-order chi connectivity index (χ1) is 8.72. The number of nitrogens with two attached hydrogens (primary N) is 1. The van der Waals surface area contributed by atoms with E-state index >= 15 is 0 Å². The summed E-state index contributed by atoms with van der Waals surface area (Å²) >= 11 is 0. The van der Waals surface area contributed by atoms with Gasteiger partial charge in [0.05, 0.1) is 0 Å². The number of fused-ring (bicyclic) bond motifs is 1. The summed E-state index contributed by atoms with van der Waals surface area (Å²) in [5.41, 5.74) is 7.35. The smallest absolute Gasteiger partial charge is 0.147 e. The molecule has 4 heteroatoms.